The number of amides is 1. The van der Waals surface area contributed by atoms with Crippen molar-refractivity contribution in [1.82, 2.24) is 4.90 Å². The third-order valence-electron chi connectivity index (χ3n) is 2.92. The van der Waals surface area contributed by atoms with Crippen molar-refractivity contribution in [3.8, 4) is 0 Å². The highest BCUT2D eigenvalue weighted by Crippen LogP contribution is 2.36. The fourth-order valence-electron chi connectivity index (χ4n) is 2.28. The first-order chi connectivity index (χ1) is 6.77. The van der Waals surface area contributed by atoms with Gasteiger partial charge in [-0.05, 0) is 6.07 Å². The van der Waals surface area contributed by atoms with Crippen LogP contribution in [0.4, 0.5) is 0 Å². The molecule has 1 fully saturated rings. The lowest BCUT2D eigenvalue weighted by atomic mass is 9.99. The number of hydrogen-bond donors (Lipinski definition) is 0. The summed E-state index contributed by atoms with van der Waals surface area (Å²) in [5.74, 6) is 0.804. The smallest absolute Gasteiger partial charge is 0.231 e. The van der Waals surface area contributed by atoms with Crippen molar-refractivity contribution in [3.05, 3.63) is 23.7 Å². The molecule has 4 nitrogen and oxygen atoms in total. The van der Waals surface area contributed by atoms with E-state index in [1.165, 1.54) is 0 Å². The molecule has 1 aromatic heterocycles. The van der Waals surface area contributed by atoms with E-state index >= 15 is 0 Å². The van der Waals surface area contributed by atoms with Crippen LogP contribution in [0, 0.1) is 0 Å². The molecule has 1 saturated heterocycles. The monoisotopic (exact) mass is 191 g/mol. The molecule has 1 amide bonds. The number of Topliss-reactive ketones (excluding diaryl/α,β-unsaturated/α-hetero) is 1. The topological polar surface area (TPSA) is 50.5 Å². The van der Waals surface area contributed by atoms with Crippen molar-refractivity contribution < 1.29 is 14.0 Å². The standard InChI is InChI=1S/C10H9NO3/c12-7-5-9(13)11-3-1-8-6(10(7)11)2-4-14-8/h2,4,10H,1,3,5H2. The first-order valence-electron chi connectivity index (χ1n) is 4.66. The molecule has 0 spiro atoms. The van der Waals surface area contributed by atoms with Crippen LogP contribution in [0.15, 0.2) is 16.7 Å². The molecule has 1 aromatic rings. The van der Waals surface area contributed by atoms with Gasteiger partial charge in [-0.1, -0.05) is 0 Å². The van der Waals surface area contributed by atoms with Gasteiger partial charge in [0.15, 0.2) is 5.78 Å². The van der Waals surface area contributed by atoms with Gasteiger partial charge in [0.1, 0.15) is 11.8 Å². The molecule has 1 unspecified atom stereocenters. The molecule has 4 heteroatoms. The van der Waals surface area contributed by atoms with Gasteiger partial charge in [0.05, 0.1) is 12.7 Å². The van der Waals surface area contributed by atoms with Gasteiger partial charge in [0, 0.05) is 18.5 Å². The Morgan fingerprint density at radius 1 is 1.43 bits per heavy atom. The zero-order chi connectivity index (χ0) is 9.71. The van der Waals surface area contributed by atoms with Crippen molar-refractivity contribution in [1.29, 1.82) is 0 Å². The molecule has 0 aliphatic carbocycles. The fourth-order valence-corrected chi connectivity index (χ4v) is 2.28. The summed E-state index contributed by atoms with van der Waals surface area (Å²) in [6.07, 6.45) is 2.36. The summed E-state index contributed by atoms with van der Waals surface area (Å²) in [4.78, 5) is 24.7. The molecule has 2 aliphatic heterocycles. The predicted molar refractivity (Wildman–Crippen MR) is 46.5 cm³/mol. The number of carbonyl (C=O) groups is 2. The highest BCUT2D eigenvalue weighted by molar-refractivity contribution is 6.08. The van der Waals surface area contributed by atoms with Crippen molar-refractivity contribution in [2.75, 3.05) is 6.54 Å². The van der Waals surface area contributed by atoms with E-state index in [0.717, 1.165) is 17.7 Å². The van der Waals surface area contributed by atoms with E-state index in [1.807, 2.05) is 0 Å². The molecule has 3 rings (SSSR count). The molecule has 0 aromatic carbocycles. The Morgan fingerprint density at radius 3 is 3.14 bits per heavy atom. The van der Waals surface area contributed by atoms with Crippen molar-refractivity contribution >= 4 is 11.7 Å². The maximum Gasteiger partial charge on any atom is 0.231 e. The number of ketones is 1. The van der Waals surface area contributed by atoms with Gasteiger partial charge >= 0.3 is 0 Å². The second-order valence-corrected chi connectivity index (χ2v) is 3.68. The normalized spacial score (nSPS) is 25.1. The first-order valence-corrected chi connectivity index (χ1v) is 4.66. The van der Waals surface area contributed by atoms with Gasteiger partial charge in [0.25, 0.3) is 0 Å². The van der Waals surface area contributed by atoms with Gasteiger partial charge in [-0.2, -0.15) is 0 Å². The average Bonchev–Trinajstić information content (AvgIpc) is 2.71. The largest absolute Gasteiger partial charge is 0.469 e. The van der Waals surface area contributed by atoms with Crippen LogP contribution in [0.25, 0.3) is 0 Å². The molecule has 3 heterocycles. The minimum atomic E-state index is -0.356. The Labute approximate surface area is 80.5 Å². The molecule has 2 aliphatic rings. The molecule has 0 bridgehead atoms. The summed E-state index contributed by atoms with van der Waals surface area (Å²) < 4.78 is 5.26. The van der Waals surface area contributed by atoms with Gasteiger partial charge in [-0.25, -0.2) is 0 Å². The zero-order valence-electron chi connectivity index (χ0n) is 7.53. The lowest BCUT2D eigenvalue weighted by molar-refractivity contribution is -0.129. The second kappa shape index (κ2) is 2.47. The van der Waals surface area contributed by atoms with E-state index in [9.17, 15) is 9.59 Å². The summed E-state index contributed by atoms with van der Waals surface area (Å²) in [7, 11) is 0. The Balaban J connectivity index is 2.12. The summed E-state index contributed by atoms with van der Waals surface area (Å²) in [6.45, 7) is 0.607. The Bertz CT molecular complexity index is 421. The molecular formula is C10H9NO3. The van der Waals surface area contributed by atoms with E-state index in [-0.39, 0.29) is 24.2 Å². The summed E-state index contributed by atoms with van der Waals surface area (Å²) >= 11 is 0. The lowest BCUT2D eigenvalue weighted by Gasteiger charge is -2.27. The first kappa shape index (κ1) is 7.79. The average molecular weight is 191 g/mol. The van der Waals surface area contributed by atoms with Gasteiger partial charge in [0.2, 0.25) is 5.91 Å². The highest BCUT2D eigenvalue weighted by atomic mass is 16.3. The van der Waals surface area contributed by atoms with Crippen molar-refractivity contribution in [2.24, 2.45) is 0 Å². The van der Waals surface area contributed by atoms with E-state index in [1.54, 1.807) is 17.2 Å². The van der Waals surface area contributed by atoms with Crippen LogP contribution >= 0.6 is 0 Å². The number of hydrogen-bond acceptors (Lipinski definition) is 3. The lowest BCUT2D eigenvalue weighted by Crippen LogP contribution is -2.34. The maximum absolute atomic E-state index is 11.6. The molecule has 72 valence electrons. The quantitative estimate of drug-likeness (QED) is 0.566. The van der Waals surface area contributed by atoms with Crippen molar-refractivity contribution in [2.45, 2.75) is 18.9 Å². The van der Waals surface area contributed by atoms with E-state index in [4.69, 9.17) is 4.42 Å². The number of fused-ring (bicyclic) bond motifs is 3. The number of carbonyl (C=O) groups excluding carboxylic acids is 2. The molecule has 14 heavy (non-hydrogen) atoms. The summed E-state index contributed by atoms with van der Waals surface area (Å²) in [5.41, 5.74) is 0.882. The predicted octanol–water partition coefficient (Wildman–Crippen LogP) is 0.678. The minimum absolute atomic E-state index is 0.00245. The minimum Gasteiger partial charge on any atom is -0.469 e. The van der Waals surface area contributed by atoms with Crippen LogP contribution in [0.3, 0.4) is 0 Å². The summed E-state index contributed by atoms with van der Waals surface area (Å²) in [5, 5.41) is 0. The van der Waals surface area contributed by atoms with Crippen molar-refractivity contribution in [3.63, 3.8) is 0 Å². The van der Waals surface area contributed by atoms with Gasteiger partial charge in [-0.15, -0.1) is 0 Å². The van der Waals surface area contributed by atoms with Crippen LogP contribution in [0.5, 0.6) is 0 Å². The molecule has 0 saturated carbocycles. The number of rotatable bonds is 0. The van der Waals surface area contributed by atoms with Gasteiger partial charge in [-0.3, -0.25) is 9.59 Å². The maximum atomic E-state index is 11.6. The Morgan fingerprint density at radius 2 is 2.29 bits per heavy atom. The highest BCUT2D eigenvalue weighted by Gasteiger charge is 2.43. The number of nitrogens with zero attached hydrogens (tertiary/aromatic N) is 1. The number of furan rings is 1. The van der Waals surface area contributed by atoms with Crippen LogP contribution in [-0.2, 0) is 16.0 Å². The van der Waals surface area contributed by atoms with Crippen LogP contribution < -0.4 is 0 Å². The SMILES string of the molecule is O=C1CC(=O)N2CCc3occc3C12. The third kappa shape index (κ3) is 0.828. The Kier molecular flexibility index (Phi) is 1.37. The fraction of sp³-hybridized carbons (Fsp3) is 0.400. The summed E-state index contributed by atoms with van der Waals surface area (Å²) in [6, 6.07) is 1.44. The molecule has 1 atom stereocenters. The second-order valence-electron chi connectivity index (χ2n) is 3.68. The van der Waals surface area contributed by atoms with Crippen LogP contribution in [0.1, 0.15) is 23.8 Å². The van der Waals surface area contributed by atoms with Crippen LogP contribution in [0.2, 0.25) is 0 Å². The van der Waals surface area contributed by atoms with Crippen LogP contribution in [-0.4, -0.2) is 23.1 Å². The van der Waals surface area contributed by atoms with E-state index in [2.05, 4.69) is 0 Å². The zero-order valence-corrected chi connectivity index (χ0v) is 7.53. The van der Waals surface area contributed by atoms with Gasteiger partial charge < -0.3 is 9.32 Å². The van der Waals surface area contributed by atoms with E-state index < -0.39 is 0 Å². The molecular weight excluding hydrogens is 182 g/mol. The van der Waals surface area contributed by atoms with E-state index in [0.29, 0.717) is 6.54 Å². The Hall–Kier alpha value is -1.58. The molecule has 0 radical (unpaired) electrons. The third-order valence-corrected chi connectivity index (χ3v) is 2.92. The molecule has 0 N–H and O–H groups in total.